The van der Waals surface area contributed by atoms with Gasteiger partial charge in [-0.1, -0.05) is 6.07 Å². The summed E-state index contributed by atoms with van der Waals surface area (Å²) in [5.41, 5.74) is 7.37. The summed E-state index contributed by atoms with van der Waals surface area (Å²) in [6.07, 6.45) is 2.46. The number of para-hydroxylation sites is 1. The van der Waals surface area contributed by atoms with E-state index in [1.54, 1.807) is 17.4 Å². The minimum Gasteiger partial charge on any atom is -0.366 e. The average molecular weight is 326 g/mol. The molecule has 1 fully saturated rings. The van der Waals surface area contributed by atoms with Gasteiger partial charge in [-0.25, -0.2) is 4.98 Å². The van der Waals surface area contributed by atoms with Crippen molar-refractivity contribution in [2.24, 2.45) is 5.73 Å². The summed E-state index contributed by atoms with van der Waals surface area (Å²) in [5.74, 6) is 0.346. The van der Waals surface area contributed by atoms with E-state index in [1.165, 1.54) is 17.7 Å². The van der Waals surface area contributed by atoms with E-state index in [2.05, 4.69) is 34.0 Å². The molecule has 3 N–H and O–H groups in total. The Labute approximate surface area is 138 Å². The SMILES string of the molecule is CN1CCC[C@@H]1c1ccc(-c2nc3c(C(N)=O)cccc3[nH]2)s1. The minimum atomic E-state index is -0.451. The lowest BCUT2D eigenvalue weighted by Crippen LogP contribution is -2.16. The van der Waals surface area contributed by atoms with Gasteiger partial charge in [-0.2, -0.15) is 0 Å². The van der Waals surface area contributed by atoms with Crippen LogP contribution < -0.4 is 5.73 Å². The molecule has 1 aliphatic rings. The smallest absolute Gasteiger partial charge is 0.250 e. The molecule has 0 spiro atoms. The maximum absolute atomic E-state index is 11.5. The molecule has 0 saturated carbocycles. The molecule has 0 bridgehead atoms. The zero-order valence-corrected chi connectivity index (χ0v) is 13.7. The van der Waals surface area contributed by atoms with E-state index in [-0.39, 0.29) is 0 Å². The number of fused-ring (bicyclic) bond motifs is 1. The van der Waals surface area contributed by atoms with Gasteiger partial charge in [0.15, 0.2) is 0 Å². The van der Waals surface area contributed by atoms with E-state index in [0.717, 1.165) is 22.8 Å². The van der Waals surface area contributed by atoms with Crippen LogP contribution in [-0.2, 0) is 0 Å². The van der Waals surface area contributed by atoms with Crippen molar-refractivity contribution < 1.29 is 4.79 Å². The Morgan fingerprint density at radius 2 is 2.26 bits per heavy atom. The molecular formula is C17H18N4OS. The number of nitrogens with two attached hydrogens (primary N) is 1. The molecule has 0 radical (unpaired) electrons. The van der Waals surface area contributed by atoms with Crippen LogP contribution in [0.4, 0.5) is 0 Å². The number of hydrogen-bond donors (Lipinski definition) is 2. The van der Waals surface area contributed by atoms with Crippen LogP contribution in [0.2, 0.25) is 0 Å². The van der Waals surface area contributed by atoms with Gasteiger partial charge in [0, 0.05) is 10.9 Å². The molecule has 4 rings (SSSR count). The summed E-state index contributed by atoms with van der Waals surface area (Å²) < 4.78 is 0. The molecule has 2 aromatic heterocycles. The number of likely N-dealkylation sites (tertiary alicyclic amines) is 1. The summed E-state index contributed by atoms with van der Waals surface area (Å²) in [4.78, 5) is 24.3. The van der Waals surface area contributed by atoms with E-state index in [1.807, 2.05) is 12.1 Å². The lowest BCUT2D eigenvalue weighted by Gasteiger charge is -2.17. The minimum absolute atomic E-state index is 0.451. The van der Waals surface area contributed by atoms with Crippen molar-refractivity contribution in [2.45, 2.75) is 18.9 Å². The number of carbonyl (C=O) groups excluding carboxylic acids is 1. The number of aromatic nitrogens is 2. The zero-order chi connectivity index (χ0) is 16.0. The van der Waals surface area contributed by atoms with Gasteiger partial charge >= 0.3 is 0 Å². The van der Waals surface area contributed by atoms with Crippen LogP contribution in [0.25, 0.3) is 21.7 Å². The molecule has 3 aromatic rings. The number of nitrogens with one attached hydrogen (secondary N) is 1. The van der Waals surface area contributed by atoms with Gasteiger partial charge in [0.1, 0.15) is 11.3 Å². The lowest BCUT2D eigenvalue weighted by atomic mass is 10.2. The molecule has 1 aliphatic heterocycles. The molecule has 0 unspecified atom stereocenters. The number of benzene rings is 1. The van der Waals surface area contributed by atoms with Crippen molar-refractivity contribution in [1.82, 2.24) is 14.9 Å². The van der Waals surface area contributed by atoms with Crippen LogP contribution in [0.1, 0.15) is 34.1 Å². The van der Waals surface area contributed by atoms with Gasteiger partial charge < -0.3 is 10.7 Å². The second-order valence-electron chi connectivity index (χ2n) is 5.99. The fraction of sp³-hybridized carbons (Fsp3) is 0.294. The Morgan fingerprint density at radius 3 is 3.00 bits per heavy atom. The molecule has 1 aromatic carbocycles. The number of imidazole rings is 1. The van der Waals surface area contributed by atoms with Crippen LogP contribution in [0, 0.1) is 0 Å². The third-order valence-corrected chi connectivity index (χ3v) is 5.68. The number of rotatable bonds is 3. The van der Waals surface area contributed by atoms with Crippen LogP contribution in [0.3, 0.4) is 0 Å². The highest BCUT2D eigenvalue weighted by Gasteiger charge is 2.24. The van der Waals surface area contributed by atoms with E-state index in [0.29, 0.717) is 17.1 Å². The van der Waals surface area contributed by atoms with Crippen molar-refractivity contribution in [1.29, 1.82) is 0 Å². The van der Waals surface area contributed by atoms with Crippen LogP contribution >= 0.6 is 11.3 Å². The molecule has 23 heavy (non-hydrogen) atoms. The molecule has 6 heteroatoms. The number of carbonyl (C=O) groups is 1. The predicted octanol–water partition coefficient (Wildman–Crippen LogP) is 3.16. The first-order valence-electron chi connectivity index (χ1n) is 7.72. The average Bonchev–Trinajstić information content (AvgIpc) is 3.23. The van der Waals surface area contributed by atoms with Gasteiger partial charge in [-0.15, -0.1) is 11.3 Å². The number of nitrogens with zero attached hydrogens (tertiary/aromatic N) is 2. The number of aromatic amines is 1. The molecule has 1 amide bonds. The topological polar surface area (TPSA) is 75.0 Å². The molecule has 118 valence electrons. The van der Waals surface area contributed by atoms with Gasteiger partial charge in [0.25, 0.3) is 5.91 Å². The normalized spacial score (nSPS) is 18.7. The first kappa shape index (κ1) is 14.4. The Morgan fingerprint density at radius 1 is 1.39 bits per heavy atom. The summed E-state index contributed by atoms with van der Waals surface area (Å²) in [6.45, 7) is 1.16. The fourth-order valence-electron chi connectivity index (χ4n) is 3.28. The molecule has 3 heterocycles. The van der Waals surface area contributed by atoms with E-state index < -0.39 is 5.91 Å². The molecule has 1 saturated heterocycles. The molecule has 5 nitrogen and oxygen atoms in total. The molecular weight excluding hydrogens is 308 g/mol. The highest BCUT2D eigenvalue weighted by molar-refractivity contribution is 7.15. The number of amides is 1. The summed E-state index contributed by atoms with van der Waals surface area (Å²) in [6, 6.07) is 10.2. The van der Waals surface area contributed by atoms with Gasteiger partial charge in [0.05, 0.1) is 16.0 Å². The zero-order valence-electron chi connectivity index (χ0n) is 12.9. The second kappa shape index (κ2) is 5.47. The van der Waals surface area contributed by atoms with Gasteiger partial charge in [0.2, 0.25) is 0 Å². The Kier molecular flexibility index (Phi) is 3.43. The first-order valence-corrected chi connectivity index (χ1v) is 8.54. The highest BCUT2D eigenvalue weighted by atomic mass is 32.1. The first-order chi connectivity index (χ1) is 11.1. The second-order valence-corrected chi connectivity index (χ2v) is 7.11. The summed E-state index contributed by atoms with van der Waals surface area (Å²) >= 11 is 1.76. The van der Waals surface area contributed by atoms with Crippen LogP contribution in [0.5, 0.6) is 0 Å². The maximum Gasteiger partial charge on any atom is 0.250 e. The number of primary amides is 1. The Balaban J connectivity index is 1.74. The third kappa shape index (κ3) is 2.44. The van der Waals surface area contributed by atoms with Crippen molar-refractivity contribution in [3.8, 4) is 10.7 Å². The quantitative estimate of drug-likeness (QED) is 0.776. The van der Waals surface area contributed by atoms with Crippen molar-refractivity contribution in [3.05, 3.63) is 40.8 Å². The van der Waals surface area contributed by atoms with Crippen LogP contribution in [-0.4, -0.2) is 34.4 Å². The van der Waals surface area contributed by atoms with Crippen molar-refractivity contribution >= 4 is 28.3 Å². The summed E-state index contributed by atoms with van der Waals surface area (Å²) in [5, 5.41) is 0. The summed E-state index contributed by atoms with van der Waals surface area (Å²) in [7, 11) is 2.18. The number of hydrogen-bond acceptors (Lipinski definition) is 4. The van der Waals surface area contributed by atoms with Crippen molar-refractivity contribution in [3.63, 3.8) is 0 Å². The van der Waals surface area contributed by atoms with Crippen LogP contribution in [0.15, 0.2) is 30.3 Å². The fourth-order valence-corrected chi connectivity index (χ4v) is 4.43. The monoisotopic (exact) mass is 326 g/mol. The van der Waals surface area contributed by atoms with Gasteiger partial charge in [-0.05, 0) is 50.7 Å². The Bertz CT molecular complexity index is 882. The standard InChI is InChI=1S/C17H18N4OS/c1-21-9-3-6-12(21)13-7-8-14(23-13)17-19-11-5-2-4-10(16(18)22)15(11)20-17/h2,4-5,7-8,12H,3,6,9H2,1H3,(H2,18,22)(H,19,20)/t12-/m1/s1. The van der Waals surface area contributed by atoms with Gasteiger partial charge in [-0.3, -0.25) is 9.69 Å². The van der Waals surface area contributed by atoms with Crippen molar-refractivity contribution in [2.75, 3.05) is 13.6 Å². The predicted molar refractivity (Wildman–Crippen MR) is 92.5 cm³/mol. The van der Waals surface area contributed by atoms with E-state index in [9.17, 15) is 4.79 Å². The Hall–Kier alpha value is -2.18. The lowest BCUT2D eigenvalue weighted by molar-refractivity contribution is 0.100. The van der Waals surface area contributed by atoms with E-state index >= 15 is 0 Å². The maximum atomic E-state index is 11.5. The molecule has 1 atom stereocenters. The molecule has 0 aliphatic carbocycles. The van der Waals surface area contributed by atoms with E-state index in [4.69, 9.17) is 5.73 Å². The highest BCUT2D eigenvalue weighted by Crippen LogP contribution is 2.37. The number of H-pyrrole nitrogens is 1. The largest absolute Gasteiger partial charge is 0.366 e. The number of thiophene rings is 1. The third-order valence-electron chi connectivity index (χ3n) is 4.49.